The fraction of sp³-hybridized carbons (Fsp3) is 0.278. The van der Waals surface area contributed by atoms with Crippen LogP contribution >= 0.6 is 0 Å². The predicted molar refractivity (Wildman–Crippen MR) is 87.4 cm³/mol. The second-order valence-electron chi connectivity index (χ2n) is 4.89. The van der Waals surface area contributed by atoms with Crippen LogP contribution in [0.15, 0.2) is 60.7 Å². The van der Waals surface area contributed by atoms with Gasteiger partial charge in [0.1, 0.15) is 0 Å². The molecule has 3 N–H and O–H groups in total. The van der Waals surface area contributed by atoms with Gasteiger partial charge >= 0.3 is 0 Å². The van der Waals surface area contributed by atoms with E-state index in [9.17, 15) is 4.79 Å². The molecule has 0 aliphatic carbocycles. The molecule has 2 rings (SSSR count). The number of rotatable bonds is 7. The summed E-state index contributed by atoms with van der Waals surface area (Å²) in [7, 11) is 0. The van der Waals surface area contributed by atoms with Crippen molar-refractivity contribution in [1.82, 2.24) is 5.32 Å². The molecule has 0 aliphatic heterocycles. The van der Waals surface area contributed by atoms with Crippen molar-refractivity contribution in [3.63, 3.8) is 0 Å². The number of nitrogens with two attached hydrogens (primary N) is 1. The first-order chi connectivity index (χ1) is 10.8. The first-order valence-corrected chi connectivity index (χ1v) is 7.49. The van der Waals surface area contributed by atoms with Gasteiger partial charge in [-0.1, -0.05) is 60.7 Å². The molecule has 0 aliphatic rings. The minimum absolute atomic E-state index is 0.197. The lowest BCUT2D eigenvalue weighted by Crippen LogP contribution is -2.48. The van der Waals surface area contributed by atoms with Gasteiger partial charge in [-0.3, -0.25) is 4.79 Å². The van der Waals surface area contributed by atoms with Crippen molar-refractivity contribution in [3.05, 3.63) is 71.8 Å². The fourth-order valence-corrected chi connectivity index (χ4v) is 2.53. The van der Waals surface area contributed by atoms with Crippen LogP contribution in [0.2, 0.25) is 0 Å². The third-order valence-corrected chi connectivity index (χ3v) is 3.47. The Balaban J connectivity index is 2.57. The number of hydrogen-bond acceptors (Lipinski definition) is 3. The Labute approximate surface area is 131 Å². The average Bonchev–Trinajstić information content (AvgIpc) is 2.59. The van der Waals surface area contributed by atoms with E-state index in [-0.39, 0.29) is 5.91 Å². The summed E-state index contributed by atoms with van der Waals surface area (Å²) in [4.78, 5) is 12.9. The van der Waals surface area contributed by atoms with Crippen molar-refractivity contribution < 1.29 is 9.53 Å². The summed E-state index contributed by atoms with van der Waals surface area (Å²) in [6.07, 6.45) is 0. The van der Waals surface area contributed by atoms with Crippen LogP contribution < -0.4 is 11.1 Å². The van der Waals surface area contributed by atoms with Crippen molar-refractivity contribution in [2.45, 2.75) is 12.5 Å². The van der Waals surface area contributed by atoms with E-state index in [0.717, 1.165) is 11.1 Å². The maximum atomic E-state index is 12.9. The average molecular weight is 298 g/mol. The van der Waals surface area contributed by atoms with Gasteiger partial charge in [-0.25, -0.2) is 0 Å². The summed E-state index contributed by atoms with van der Waals surface area (Å²) in [5.74, 6) is -0.197. The third kappa shape index (κ3) is 3.18. The second kappa shape index (κ2) is 7.73. The second-order valence-corrected chi connectivity index (χ2v) is 4.89. The molecule has 0 unspecified atom stereocenters. The molecule has 2 aromatic rings. The lowest BCUT2D eigenvalue weighted by Gasteiger charge is -2.33. The smallest absolute Gasteiger partial charge is 0.261 e. The van der Waals surface area contributed by atoms with Crippen molar-refractivity contribution in [1.29, 1.82) is 0 Å². The molecule has 4 nitrogen and oxygen atoms in total. The number of benzene rings is 2. The zero-order valence-electron chi connectivity index (χ0n) is 12.8. The molecule has 0 radical (unpaired) electrons. The molecular formula is C18H22N2O2. The SMILES string of the molecule is CCOC(C(=O)NCCN)(c1ccccc1)c1ccccc1. The third-order valence-electron chi connectivity index (χ3n) is 3.47. The normalized spacial score (nSPS) is 11.2. The molecule has 0 spiro atoms. The quantitative estimate of drug-likeness (QED) is 0.822. The van der Waals surface area contributed by atoms with Crippen molar-refractivity contribution in [2.24, 2.45) is 5.73 Å². The van der Waals surface area contributed by atoms with Gasteiger partial charge in [0.25, 0.3) is 5.91 Å². The van der Waals surface area contributed by atoms with E-state index in [1.807, 2.05) is 67.6 Å². The van der Waals surface area contributed by atoms with E-state index in [4.69, 9.17) is 10.5 Å². The van der Waals surface area contributed by atoms with E-state index < -0.39 is 5.60 Å². The molecule has 22 heavy (non-hydrogen) atoms. The summed E-state index contributed by atoms with van der Waals surface area (Å²) >= 11 is 0. The standard InChI is InChI=1S/C18H22N2O2/c1-2-22-18(17(21)20-14-13-19,15-9-5-3-6-10-15)16-11-7-4-8-12-16/h3-12H,2,13-14,19H2,1H3,(H,20,21). The molecule has 0 aromatic heterocycles. The van der Waals surface area contributed by atoms with Gasteiger partial charge in [0, 0.05) is 19.7 Å². The van der Waals surface area contributed by atoms with Gasteiger partial charge in [0.05, 0.1) is 0 Å². The van der Waals surface area contributed by atoms with E-state index in [1.165, 1.54) is 0 Å². The van der Waals surface area contributed by atoms with E-state index in [1.54, 1.807) is 0 Å². The molecule has 2 aromatic carbocycles. The van der Waals surface area contributed by atoms with Crippen LogP contribution in [-0.2, 0) is 15.1 Å². The highest BCUT2D eigenvalue weighted by Gasteiger charge is 2.42. The van der Waals surface area contributed by atoms with Crippen molar-refractivity contribution in [2.75, 3.05) is 19.7 Å². The van der Waals surface area contributed by atoms with Crippen LogP contribution in [0.5, 0.6) is 0 Å². The van der Waals surface area contributed by atoms with Gasteiger partial charge in [0.2, 0.25) is 0 Å². The lowest BCUT2D eigenvalue weighted by molar-refractivity contribution is -0.142. The number of nitrogens with one attached hydrogen (secondary N) is 1. The van der Waals surface area contributed by atoms with E-state index in [0.29, 0.717) is 19.7 Å². The van der Waals surface area contributed by atoms with Crippen LogP contribution in [0.4, 0.5) is 0 Å². The molecule has 0 saturated heterocycles. The molecule has 116 valence electrons. The van der Waals surface area contributed by atoms with Crippen LogP contribution in [-0.4, -0.2) is 25.6 Å². The minimum atomic E-state index is -1.16. The van der Waals surface area contributed by atoms with Crippen LogP contribution in [0, 0.1) is 0 Å². The molecule has 0 fully saturated rings. The van der Waals surface area contributed by atoms with Gasteiger partial charge in [0.15, 0.2) is 5.60 Å². The molecule has 1 amide bonds. The number of ether oxygens (including phenoxy) is 1. The summed E-state index contributed by atoms with van der Waals surface area (Å²) < 4.78 is 6.01. The number of hydrogen-bond donors (Lipinski definition) is 2. The predicted octanol–water partition coefficient (Wildman–Crippen LogP) is 2.04. The van der Waals surface area contributed by atoms with E-state index >= 15 is 0 Å². The summed E-state index contributed by atoms with van der Waals surface area (Å²) in [6, 6.07) is 19.1. The summed E-state index contributed by atoms with van der Waals surface area (Å²) in [5, 5.41) is 2.87. The Morgan fingerprint density at radius 3 is 1.95 bits per heavy atom. The van der Waals surface area contributed by atoms with Crippen molar-refractivity contribution in [3.8, 4) is 0 Å². The van der Waals surface area contributed by atoms with Gasteiger partial charge in [-0.2, -0.15) is 0 Å². The molecule has 0 atom stereocenters. The Hall–Kier alpha value is -2.17. The highest BCUT2D eigenvalue weighted by molar-refractivity contribution is 5.90. The van der Waals surface area contributed by atoms with Crippen LogP contribution in [0.1, 0.15) is 18.1 Å². The first-order valence-electron chi connectivity index (χ1n) is 7.49. The highest BCUT2D eigenvalue weighted by Crippen LogP contribution is 2.34. The molecule has 0 saturated carbocycles. The molecular weight excluding hydrogens is 276 g/mol. The number of amides is 1. The maximum Gasteiger partial charge on any atom is 0.261 e. The largest absolute Gasteiger partial charge is 0.356 e. The van der Waals surface area contributed by atoms with Crippen molar-refractivity contribution >= 4 is 5.91 Å². The van der Waals surface area contributed by atoms with Crippen LogP contribution in [0.3, 0.4) is 0 Å². The highest BCUT2D eigenvalue weighted by atomic mass is 16.5. The fourth-order valence-electron chi connectivity index (χ4n) is 2.53. The Bertz CT molecular complexity index is 545. The molecule has 0 heterocycles. The Kier molecular flexibility index (Phi) is 5.69. The van der Waals surface area contributed by atoms with Gasteiger partial charge in [-0.05, 0) is 18.1 Å². The lowest BCUT2D eigenvalue weighted by atomic mass is 9.85. The first kappa shape index (κ1) is 16.2. The summed E-state index contributed by atoms with van der Waals surface area (Å²) in [6.45, 7) is 3.10. The van der Waals surface area contributed by atoms with Gasteiger partial charge < -0.3 is 15.8 Å². The zero-order valence-corrected chi connectivity index (χ0v) is 12.8. The number of carbonyl (C=O) groups is 1. The molecule has 0 bridgehead atoms. The Morgan fingerprint density at radius 2 is 1.55 bits per heavy atom. The number of carbonyl (C=O) groups excluding carboxylic acids is 1. The maximum absolute atomic E-state index is 12.9. The Morgan fingerprint density at radius 1 is 1.05 bits per heavy atom. The molecule has 4 heteroatoms. The van der Waals surface area contributed by atoms with E-state index in [2.05, 4.69) is 5.32 Å². The zero-order chi connectivity index (χ0) is 15.8. The monoisotopic (exact) mass is 298 g/mol. The van der Waals surface area contributed by atoms with Crippen LogP contribution in [0.25, 0.3) is 0 Å². The minimum Gasteiger partial charge on any atom is -0.356 e. The van der Waals surface area contributed by atoms with Gasteiger partial charge in [-0.15, -0.1) is 0 Å². The topological polar surface area (TPSA) is 64.3 Å². The summed E-state index contributed by atoms with van der Waals surface area (Å²) in [5.41, 5.74) is 5.96.